The number of carbonyl (C=O) groups excluding carboxylic acids is 2. The molecule has 5 rings (SSSR count). The lowest BCUT2D eigenvalue weighted by molar-refractivity contribution is -0.118. The van der Waals surface area contributed by atoms with Crippen molar-refractivity contribution in [3.05, 3.63) is 131 Å². The quantitative estimate of drug-likeness (QED) is 0.191. The summed E-state index contributed by atoms with van der Waals surface area (Å²) in [5, 5.41) is 8.40. The van der Waals surface area contributed by atoms with Crippen LogP contribution in [-0.4, -0.2) is 63.6 Å². The molecule has 2 unspecified atom stereocenters. The van der Waals surface area contributed by atoms with E-state index < -0.39 is 57.5 Å². The molecule has 258 valence electrons. The van der Waals surface area contributed by atoms with Gasteiger partial charge in [-0.3, -0.25) is 4.79 Å². The second kappa shape index (κ2) is 15.7. The fourth-order valence-corrected chi connectivity index (χ4v) is 7.72. The molecule has 0 saturated carbocycles. The molecule has 49 heavy (non-hydrogen) atoms. The van der Waals surface area contributed by atoms with Crippen LogP contribution in [0.1, 0.15) is 34.6 Å². The van der Waals surface area contributed by atoms with Gasteiger partial charge in [-0.1, -0.05) is 48.0 Å². The predicted octanol–water partition coefficient (Wildman–Crippen LogP) is 5.50. The van der Waals surface area contributed by atoms with Crippen molar-refractivity contribution < 1.29 is 35.9 Å². The maximum Gasteiger partial charge on any atom is 0.407 e. The highest BCUT2D eigenvalue weighted by Gasteiger charge is 2.35. The molecule has 9 nitrogen and oxygen atoms in total. The molecule has 0 aromatic heterocycles. The number of amides is 2. The summed E-state index contributed by atoms with van der Waals surface area (Å²) in [5.74, 6) is -3.74. The number of rotatable bonds is 11. The second-order valence-electron chi connectivity index (χ2n) is 11.8. The molecule has 0 spiro atoms. The van der Waals surface area contributed by atoms with Crippen LogP contribution in [0.3, 0.4) is 0 Å². The number of methoxy groups -OCH3 is 1. The monoisotopic (exact) mass is 694 g/mol. The highest BCUT2D eigenvalue weighted by Crippen LogP contribution is 2.32. The van der Waals surface area contributed by atoms with Gasteiger partial charge in [-0.2, -0.15) is 4.31 Å². The molecule has 0 radical (unpaired) electrons. The van der Waals surface area contributed by atoms with Crippen LogP contribution in [-0.2, 0) is 26.0 Å². The average molecular weight is 695 g/mol. The molecule has 1 aliphatic heterocycles. The van der Waals surface area contributed by atoms with Crippen LogP contribution in [0.2, 0.25) is 0 Å². The number of alkyl carbamates (subject to hydrolysis) is 1. The SMILES string of the molecule is COC(=O)NC(C(=O)Nc1cccc(F)c1CCC1CNCCN1S(=O)(=O)c1ccc(C)cc1)C(c1cccc(F)c1)c1cccc(F)c1. The van der Waals surface area contributed by atoms with Gasteiger partial charge in [0.25, 0.3) is 0 Å². The maximum absolute atomic E-state index is 15.5. The van der Waals surface area contributed by atoms with Gasteiger partial charge in [0.2, 0.25) is 15.9 Å². The molecule has 2 atom stereocenters. The Hall–Kier alpha value is -4.72. The van der Waals surface area contributed by atoms with Crippen molar-refractivity contribution in [2.75, 3.05) is 32.1 Å². The van der Waals surface area contributed by atoms with Gasteiger partial charge in [0.05, 0.1) is 12.0 Å². The number of ether oxygens (including phenoxy) is 1. The standard InChI is InChI=1S/C36H37F3N4O5S/c1-23-12-15-29(16-13-23)49(46,47)43-19-18-40-22-28(43)14-17-30-31(39)10-5-11-32(30)41-35(44)34(42-36(45)48-2)33(24-6-3-8-26(37)20-24)25-7-4-9-27(38)21-25/h3-13,15-16,20-21,28,33-34,40H,14,17-19,22H2,1-2H3,(H,41,44)(H,42,45). The molecule has 4 aromatic carbocycles. The molecule has 1 fully saturated rings. The first-order valence-corrected chi connectivity index (χ1v) is 17.1. The second-order valence-corrected chi connectivity index (χ2v) is 13.7. The highest BCUT2D eigenvalue weighted by molar-refractivity contribution is 7.89. The number of carbonyl (C=O) groups is 2. The van der Waals surface area contributed by atoms with Crippen LogP contribution in [0.15, 0.2) is 95.9 Å². The highest BCUT2D eigenvalue weighted by atomic mass is 32.2. The van der Waals surface area contributed by atoms with E-state index in [0.29, 0.717) is 13.1 Å². The van der Waals surface area contributed by atoms with Gasteiger partial charge in [0.15, 0.2) is 0 Å². The number of benzene rings is 4. The van der Waals surface area contributed by atoms with Crippen LogP contribution < -0.4 is 16.0 Å². The average Bonchev–Trinajstić information content (AvgIpc) is 3.08. The van der Waals surface area contributed by atoms with Crippen molar-refractivity contribution >= 4 is 27.7 Å². The summed E-state index contributed by atoms with van der Waals surface area (Å²) in [4.78, 5) is 26.8. The first-order valence-electron chi connectivity index (χ1n) is 15.7. The normalized spacial score (nSPS) is 15.8. The Bertz CT molecular complexity index is 1860. The van der Waals surface area contributed by atoms with Gasteiger partial charge in [0.1, 0.15) is 23.5 Å². The van der Waals surface area contributed by atoms with E-state index in [4.69, 9.17) is 4.74 Å². The largest absolute Gasteiger partial charge is 0.453 e. The minimum atomic E-state index is -3.84. The first-order chi connectivity index (χ1) is 23.5. The molecular formula is C36H37F3N4O5S. The summed E-state index contributed by atoms with van der Waals surface area (Å²) in [6.07, 6.45) is -0.695. The predicted molar refractivity (Wildman–Crippen MR) is 179 cm³/mol. The molecule has 1 aliphatic rings. The topological polar surface area (TPSA) is 117 Å². The number of aryl methyl sites for hydroxylation is 1. The maximum atomic E-state index is 15.5. The fraction of sp³-hybridized carbons (Fsp3) is 0.278. The van der Waals surface area contributed by atoms with E-state index in [1.54, 1.807) is 36.4 Å². The lowest BCUT2D eigenvalue weighted by Crippen LogP contribution is -2.53. The first kappa shape index (κ1) is 35.6. The van der Waals surface area contributed by atoms with Crippen molar-refractivity contribution in [1.82, 2.24) is 14.9 Å². The Kier molecular flexibility index (Phi) is 11.4. The van der Waals surface area contributed by atoms with Crippen molar-refractivity contribution in [2.45, 2.75) is 42.7 Å². The summed E-state index contributed by atoms with van der Waals surface area (Å²) >= 11 is 0. The Morgan fingerprint density at radius 3 is 2.18 bits per heavy atom. The third-order valence-corrected chi connectivity index (χ3v) is 10.5. The van der Waals surface area contributed by atoms with E-state index in [0.717, 1.165) is 12.7 Å². The molecule has 3 N–H and O–H groups in total. The van der Waals surface area contributed by atoms with E-state index in [9.17, 15) is 26.8 Å². The van der Waals surface area contributed by atoms with Crippen molar-refractivity contribution in [2.24, 2.45) is 0 Å². The summed E-state index contributed by atoms with van der Waals surface area (Å²) in [7, 11) is -2.73. The van der Waals surface area contributed by atoms with Gasteiger partial charge in [-0.05, 0) is 79.4 Å². The molecule has 0 aliphatic carbocycles. The third kappa shape index (κ3) is 8.48. The van der Waals surface area contributed by atoms with Crippen LogP contribution >= 0.6 is 0 Å². The van der Waals surface area contributed by atoms with Crippen LogP contribution in [0.5, 0.6) is 0 Å². The lowest BCUT2D eigenvalue weighted by Gasteiger charge is -2.35. The number of anilines is 1. The number of sulfonamides is 1. The van der Waals surface area contributed by atoms with Crippen LogP contribution in [0, 0.1) is 24.4 Å². The van der Waals surface area contributed by atoms with E-state index in [1.807, 2.05) is 6.92 Å². The van der Waals surface area contributed by atoms with Gasteiger partial charge in [-0.25, -0.2) is 26.4 Å². The van der Waals surface area contributed by atoms with E-state index in [2.05, 4.69) is 16.0 Å². The van der Waals surface area contributed by atoms with Crippen molar-refractivity contribution in [1.29, 1.82) is 0 Å². The van der Waals surface area contributed by atoms with E-state index in [1.165, 1.54) is 58.9 Å². The van der Waals surface area contributed by atoms with Gasteiger partial charge >= 0.3 is 6.09 Å². The summed E-state index contributed by atoms with van der Waals surface area (Å²) < 4.78 is 77.7. The molecule has 1 saturated heterocycles. The molecule has 2 amide bonds. The zero-order valence-corrected chi connectivity index (χ0v) is 27.8. The Morgan fingerprint density at radius 1 is 0.939 bits per heavy atom. The molecule has 4 aromatic rings. The summed E-state index contributed by atoms with van der Waals surface area (Å²) in [6, 6.07) is 19.5. The number of halogens is 3. The van der Waals surface area contributed by atoms with Crippen LogP contribution in [0.4, 0.5) is 23.7 Å². The minimum Gasteiger partial charge on any atom is -0.453 e. The lowest BCUT2D eigenvalue weighted by atomic mass is 9.84. The van der Waals surface area contributed by atoms with Crippen molar-refractivity contribution in [3.8, 4) is 0 Å². The zero-order valence-electron chi connectivity index (χ0n) is 27.0. The number of nitrogens with one attached hydrogen (secondary N) is 3. The molecule has 13 heteroatoms. The van der Waals surface area contributed by atoms with E-state index >= 15 is 4.39 Å². The summed E-state index contributed by atoms with van der Waals surface area (Å²) in [6.45, 7) is 2.89. The van der Waals surface area contributed by atoms with E-state index in [-0.39, 0.29) is 46.7 Å². The Labute approximate surface area is 283 Å². The van der Waals surface area contributed by atoms with Gasteiger partial charge < -0.3 is 20.7 Å². The molecular weight excluding hydrogens is 657 g/mol. The fourth-order valence-electron chi connectivity index (χ4n) is 6.07. The molecule has 1 heterocycles. The minimum absolute atomic E-state index is 0.0564. The van der Waals surface area contributed by atoms with Crippen LogP contribution in [0.25, 0.3) is 0 Å². The van der Waals surface area contributed by atoms with Gasteiger partial charge in [-0.15, -0.1) is 0 Å². The molecule has 0 bridgehead atoms. The zero-order chi connectivity index (χ0) is 35.1. The number of hydrogen-bond acceptors (Lipinski definition) is 6. The number of piperazine rings is 1. The Balaban J connectivity index is 1.44. The Morgan fingerprint density at radius 2 is 1.57 bits per heavy atom. The van der Waals surface area contributed by atoms with Gasteiger partial charge in [0, 0.05) is 42.8 Å². The van der Waals surface area contributed by atoms with Crippen molar-refractivity contribution in [3.63, 3.8) is 0 Å². The number of nitrogens with zero attached hydrogens (tertiary/aromatic N) is 1. The third-order valence-electron chi connectivity index (χ3n) is 8.52. The summed E-state index contributed by atoms with van der Waals surface area (Å²) in [5.41, 5.74) is 1.67. The smallest absolute Gasteiger partial charge is 0.407 e. The number of hydrogen-bond donors (Lipinski definition) is 3.